The van der Waals surface area contributed by atoms with Crippen molar-refractivity contribution in [1.82, 2.24) is 0 Å². The number of hydrogen-bond donors (Lipinski definition) is 0. The number of hydrogen-bond acceptors (Lipinski definition) is 3. The monoisotopic (exact) mass is 572 g/mol. The summed E-state index contributed by atoms with van der Waals surface area (Å²) in [5.74, 6) is -1.60. The fourth-order valence-electron chi connectivity index (χ4n) is 5.13. The zero-order valence-corrected chi connectivity index (χ0v) is 25.6. The van der Waals surface area contributed by atoms with Gasteiger partial charge in [0.05, 0.1) is 74.7 Å². The van der Waals surface area contributed by atoms with E-state index in [0.29, 0.717) is 30.4 Å². The van der Waals surface area contributed by atoms with Gasteiger partial charge in [-0.05, 0) is 65.9 Å². The first-order valence-corrected chi connectivity index (χ1v) is 13.7. The van der Waals surface area contributed by atoms with Crippen LogP contribution in [0.5, 0.6) is 0 Å². The largest absolute Gasteiger partial charge is 0.871 e. The van der Waals surface area contributed by atoms with Crippen LogP contribution in [0.1, 0.15) is 42.4 Å². The van der Waals surface area contributed by atoms with E-state index in [9.17, 15) is 23.2 Å². The Kier molecular flexibility index (Phi) is 11.8. The van der Waals surface area contributed by atoms with Gasteiger partial charge in [-0.3, -0.25) is 0 Å². The van der Waals surface area contributed by atoms with Crippen molar-refractivity contribution in [3.05, 3.63) is 107 Å². The van der Waals surface area contributed by atoms with Gasteiger partial charge in [-0.15, -0.1) is 0 Å². The Labute approximate surface area is 244 Å². The number of quaternary nitrogens is 2. The van der Waals surface area contributed by atoms with Gasteiger partial charge < -0.3 is 23.7 Å². The third-order valence-corrected chi connectivity index (χ3v) is 6.24. The molecule has 4 rings (SSSR count). The van der Waals surface area contributed by atoms with Crippen LogP contribution in [-0.4, -0.2) is 72.7 Å². The van der Waals surface area contributed by atoms with E-state index in [1.807, 2.05) is 0 Å². The Hall–Kier alpha value is -2.69. The highest BCUT2D eigenvalue weighted by molar-refractivity contribution is 6.28. The highest BCUT2D eigenvalue weighted by atomic mass is 19.1. The van der Waals surface area contributed by atoms with Gasteiger partial charge in [-0.2, -0.15) is 0 Å². The molecule has 0 aromatic heterocycles. The van der Waals surface area contributed by atoms with E-state index in [1.54, 1.807) is 18.2 Å². The van der Waals surface area contributed by atoms with E-state index in [-0.39, 0.29) is 12.0 Å². The average Bonchev–Trinajstić information content (AvgIpc) is 2.82. The Bertz CT molecular complexity index is 1190. The molecule has 0 amide bonds. The van der Waals surface area contributed by atoms with Crippen molar-refractivity contribution in [3.8, 4) is 0 Å². The van der Waals surface area contributed by atoms with Crippen LogP contribution in [0, 0.1) is 17.5 Å². The Morgan fingerprint density at radius 2 is 0.951 bits per heavy atom. The lowest BCUT2D eigenvalue weighted by molar-refractivity contribution is -0.849. The molecule has 0 saturated heterocycles. The van der Waals surface area contributed by atoms with Gasteiger partial charge in [0, 0.05) is 0 Å². The van der Waals surface area contributed by atoms with Gasteiger partial charge in [0.25, 0.3) is 0 Å². The van der Waals surface area contributed by atoms with Gasteiger partial charge >= 0.3 is 0 Å². The minimum absolute atomic E-state index is 0.213. The lowest BCUT2D eigenvalue weighted by Crippen LogP contribution is -2.61. The van der Waals surface area contributed by atoms with Crippen molar-refractivity contribution in [2.45, 2.75) is 36.7 Å². The molecule has 1 fully saturated rings. The molecular formula is C32H44BF3N2O3. The first-order valence-electron chi connectivity index (χ1n) is 13.7. The molecule has 41 heavy (non-hydrogen) atoms. The molecule has 1 atom stereocenters. The Morgan fingerprint density at radius 3 is 1.32 bits per heavy atom. The maximum Gasteiger partial charge on any atom is 0.123 e. The summed E-state index contributed by atoms with van der Waals surface area (Å²) in [4.78, 5) is 0. The first kappa shape index (κ1) is 34.5. The molecule has 0 radical (unpaired) electrons. The maximum atomic E-state index is 14.4. The molecule has 0 bridgehead atoms. The number of benzene rings is 3. The normalized spacial score (nSPS) is 18.4. The predicted molar refractivity (Wildman–Crippen MR) is 155 cm³/mol. The molecular weight excluding hydrogens is 528 g/mol. The fourth-order valence-corrected chi connectivity index (χ4v) is 5.13. The molecule has 9 heteroatoms. The highest BCUT2D eigenvalue weighted by Crippen LogP contribution is 2.58. The molecule has 0 aliphatic heterocycles. The van der Waals surface area contributed by atoms with Gasteiger partial charge in [0.15, 0.2) is 0 Å². The van der Waals surface area contributed by atoms with Gasteiger partial charge in [0.2, 0.25) is 0 Å². The van der Waals surface area contributed by atoms with Gasteiger partial charge in [-0.25, -0.2) is 13.2 Å². The molecule has 0 heterocycles. The van der Waals surface area contributed by atoms with Crippen molar-refractivity contribution >= 4 is 7.32 Å². The average molecular weight is 573 g/mol. The lowest BCUT2D eigenvalue weighted by Gasteiger charge is -2.58. The predicted octanol–water partition coefficient (Wildman–Crippen LogP) is 4.23. The van der Waals surface area contributed by atoms with Crippen LogP contribution in [0.3, 0.4) is 0 Å². The van der Waals surface area contributed by atoms with Crippen LogP contribution >= 0.6 is 0 Å². The van der Waals surface area contributed by atoms with E-state index >= 15 is 0 Å². The van der Waals surface area contributed by atoms with Crippen molar-refractivity contribution in [2.75, 3.05) is 56.4 Å². The number of halogens is 3. The molecule has 3 aromatic rings. The SMILES string of the molecule is C[N+](C)(C)C.C[N+](C)(C)C.[O-]B([O-])OC1(c2cccc(F)c2)CCCCC1(c1cccc(F)c1)c1cccc(F)c1. The molecule has 0 N–H and O–H groups in total. The Morgan fingerprint density at radius 1 is 0.610 bits per heavy atom. The molecule has 0 spiro atoms. The minimum Gasteiger partial charge on any atom is -0.871 e. The van der Waals surface area contributed by atoms with Crippen molar-refractivity contribution < 1.29 is 36.8 Å². The van der Waals surface area contributed by atoms with Crippen LogP contribution in [0.25, 0.3) is 0 Å². The van der Waals surface area contributed by atoms with Crippen LogP contribution < -0.4 is 10.0 Å². The molecule has 5 nitrogen and oxygen atoms in total. The molecule has 1 saturated carbocycles. The standard InChI is InChI=1S/C24H20BF3O3.2C4H12N/c26-20-9-3-6-17(14-20)23(18-7-4-10-21(27)15-18)12-1-2-13-24(23,31-25(29)30)19-8-5-11-22(28)16-19;2*1-5(2,3)4/h3-11,14-16H,1-2,12-13H2;2*1-4H3/q-2;2*+1. The molecule has 1 unspecified atom stereocenters. The van der Waals surface area contributed by atoms with E-state index < -0.39 is 35.8 Å². The quantitative estimate of drug-likeness (QED) is 0.340. The highest BCUT2D eigenvalue weighted by Gasteiger charge is 2.56. The smallest absolute Gasteiger partial charge is 0.123 e. The first-order chi connectivity index (χ1) is 18.9. The fraction of sp³-hybridized carbons (Fsp3) is 0.438. The van der Waals surface area contributed by atoms with Crippen molar-refractivity contribution in [2.24, 2.45) is 0 Å². The third kappa shape index (κ3) is 9.97. The molecule has 224 valence electrons. The van der Waals surface area contributed by atoms with E-state index in [1.165, 1.54) is 54.6 Å². The van der Waals surface area contributed by atoms with Crippen LogP contribution in [0.4, 0.5) is 13.2 Å². The van der Waals surface area contributed by atoms with Gasteiger partial charge in [-0.1, -0.05) is 49.2 Å². The molecule has 1 aliphatic rings. The second kappa shape index (κ2) is 14.0. The summed E-state index contributed by atoms with van der Waals surface area (Å²) < 4.78 is 50.6. The summed E-state index contributed by atoms with van der Waals surface area (Å²) in [6.45, 7) is 0. The van der Waals surface area contributed by atoms with Crippen LogP contribution in [0.15, 0.2) is 72.8 Å². The third-order valence-electron chi connectivity index (χ3n) is 6.24. The maximum absolute atomic E-state index is 14.4. The summed E-state index contributed by atoms with van der Waals surface area (Å²) in [5, 5.41) is 23.8. The van der Waals surface area contributed by atoms with Crippen LogP contribution in [-0.2, 0) is 15.7 Å². The molecule has 3 aromatic carbocycles. The second-order valence-corrected chi connectivity index (χ2v) is 13.2. The summed E-state index contributed by atoms with van der Waals surface area (Å²) in [6.07, 6.45) is 1.82. The van der Waals surface area contributed by atoms with E-state index in [4.69, 9.17) is 4.65 Å². The van der Waals surface area contributed by atoms with Crippen LogP contribution in [0.2, 0.25) is 0 Å². The lowest BCUT2D eigenvalue weighted by atomic mass is 9.54. The summed E-state index contributed by atoms with van der Waals surface area (Å²) in [6, 6.07) is 17.1. The minimum atomic E-state index is -2.68. The zero-order chi connectivity index (χ0) is 31.1. The molecule has 1 aliphatic carbocycles. The number of nitrogens with zero attached hydrogens (tertiary/aromatic N) is 2. The summed E-state index contributed by atoms with van der Waals surface area (Å²) in [5.41, 5.74) is -1.73. The summed E-state index contributed by atoms with van der Waals surface area (Å²) in [7, 11) is 14.3. The summed E-state index contributed by atoms with van der Waals surface area (Å²) >= 11 is 0. The Balaban J connectivity index is 0.000000507. The zero-order valence-electron chi connectivity index (χ0n) is 25.6. The van der Waals surface area contributed by atoms with Crippen molar-refractivity contribution in [1.29, 1.82) is 0 Å². The van der Waals surface area contributed by atoms with E-state index in [0.717, 1.165) is 8.97 Å². The number of rotatable bonds is 5. The topological polar surface area (TPSA) is 55.3 Å². The van der Waals surface area contributed by atoms with Crippen molar-refractivity contribution in [3.63, 3.8) is 0 Å². The van der Waals surface area contributed by atoms with E-state index in [2.05, 4.69) is 56.4 Å². The second-order valence-electron chi connectivity index (χ2n) is 13.2. The van der Waals surface area contributed by atoms with Gasteiger partial charge in [0.1, 0.15) is 17.5 Å².